The second kappa shape index (κ2) is 5.96. The molecule has 2 aromatic heterocycles. The zero-order chi connectivity index (χ0) is 13.8. The van der Waals surface area contributed by atoms with Crippen molar-refractivity contribution in [1.82, 2.24) is 19.8 Å². The van der Waals surface area contributed by atoms with Crippen molar-refractivity contribution in [3.8, 4) is 0 Å². The quantitative estimate of drug-likeness (QED) is 0.717. The molecule has 0 aliphatic heterocycles. The van der Waals surface area contributed by atoms with E-state index < -0.39 is 0 Å². The first-order valence-electron chi connectivity index (χ1n) is 6.81. The Labute approximate surface area is 121 Å². The van der Waals surface area contributed by atoms with Crippen molar-refractivity contribution in [3.05, 3.63) is 46.7 Å². The highest BCUT2D eigenvalue weighted by Crippen LogP contribution is 2.17. The molecule has 0 aliphatic carbocycles. The molecule has 0 fully saturated rings. The van der Waals surface area contributed by atoms with Gasteiger partial charge in [-0.3, -0.25) is 0 Å². The number of rotatable bonds is 5. The van der Waals surface area contributed by atoms with E-state index in [0.29, 0.717) is 0 Å². The van der Waals surface area contributed by atoms with Crippen molar-refractivity contribution in [2.24, 2.45) is 0 Å². The molecule has 5 heteroatoms. The summed E-state index contributed by atoms with van der Waals surface area (Å²) >= 11 is 1.56. The first kappa shape index (κ1) is 13.0. The van der Waals surface area contributed by atoms with Gasteiger partial charge in [0.1, 0.15) is 5.01 Å². The Balaban J connectivity index is 1.82. The lowest BCUT2D eigenvalue weighted by molar-refractivity contribution is 0.721. The molecule has 0 amide bonds. The Bertz CT molecular complexity index is 712. The van der Waals surface area contributed by atoms with Gasteiger partial charge in [-0.1, -0.05) is 61.1 Å². The second-order valence-electron chi connectivity index (χ2n) is 4.60. The van der Waals surface area contributed by atoms with Crippen molar-refractivity contribution in [1.29, 1.82) is 0 Å². The van der Waals surface area contributed by atoms with E-state index >= 15 is 0 Å². The molecule has 0 saturated carbocycles. The number of aryl methyl sites for hydroxylation is 1. The van der Waals surface area contributed by atoms with Crippen LogP contribution >= 0.6 is 11.3 Å². The second-order valence-corrected chi connectivity index (χ2v) is 5.59. The van der Waals surface area contributed by atoms with Gasteiger partial charge in [0.15, 0.2) is 5.82 Å². The maximum absolute atomic E-state index is 4.56. The molecule has 0 radical (unpaired) electrons. The van der Waals surface area contributed by atoms with Crippen LogP contribution < -0.4 is 0 Å². The minimum absolute atomic E-state index is 0.865. The third-order valence-electron chi connectivity index (χ3n) is 3.04. The van der Waals surface area contributed by atoms with Gasteiger partial charge in [0, 0.05) is 6.42 Å². The minimum Gasteiger partial charge on any atom is -0.187 e. The van der Waals surface area contributed by atoms with Crippen LogP contribution in [0.15, 0.2) is 30.3 Å². The van der Waals surface area contributed by atoms with Crippen LogP contribution in [0.5, 0.6) is 0 Å². The molecule has 0 unspecified atom stereocenters. The van der Waals surface area contributed by atoms with Crippen molar-refractivity contribution in [2.45, 2.75) is 26.2 Å². The van der Waals surface area contributed by atoms with Crippen LogP contribution in [0.2, 0.25) is 0 Å². The van der Waals surface area contributed by atoms with E-state index in [1.54, 1.807) is 11.3 Å². The highest BCUT2D eigenvalue weighted by Gasteiger charge is 2.09. The lowest BCUT2D eigenvalue weighted by atomic mass is 10.2. The molecule has 20 heavy (non-hydrogen) atoms. The molecule has 102 valence electrons. The van der Waals surface area contributed by atoms with Gasteiger partial charge in [-0.2, -0.15) is 9.61 Å². The van der Waals surface area contributed by atoms with Gasteiger partial charge in [-0.25, -0.2) is 0 Å². The van der Waals surface area contributed by atoms with E-state index in [4.69, 9.17) is 0 Å². The Morgan fingerprint density at radius 1 is 1.15 bits per heavy atom. The van der Waals surface area contributed by atoms with Crippen molar-refractivity contribution < 1.29 is 0 Å². The van der Waals surface area contributed by atoms with Gasteiger partial charge in [-0.15, -0.1) is 10.2 Å². The first-order valence-corrected chi connectivity index (χ1v) is 7.62. The number of benzene rings is 1. The van der Waals surface area contributed by atoms with Crippen molar-refractivity contribution in [3.63, 3.8) is 0 Å². The highest BCUT2D eigenvalue weighted by molar-refractivity contribution is 7.17. The van der Waals surface area contributed by atoms with Crippen LogP contribution in [0.25, 0.3) is 17.1 Å². The van der Waals surface area contributed by atoms with E-state index in [9.17, 15) is 0 Å². The van der Waals surface area contributed by atoms with E-state index in [2.05, 4.69) is 40.4 Å². The van der Waals surface area contributed by atoms with E-state index in [0.717, 1.165) is 35.1 Å². The molecule has 0 spiro atoms. The lowest BCUT2D eigenvalue weighted by Crippen LogP contribution is -1.95. The van der Waals surface area contributed by atoms with E-state index in [1.165, 1.54) is 5.56 Å². The van der Waals surface area contributed by atoms with Crippen LogP contribution in [0.1, 0.15) is 36.2 Å². The topological polar surface area (TPSA) is 43.1 Å². The van der Waals surface area contributed by atoms with Gasteiger partial charge in [0.05, 0.1) is 0 Å². The van der Waals surface area contributed by atoms with Gasteiger partial charge in [0.25, 0.3) is 0 Å². The van der Waals surface area contributed by atoms with Crippen molar-refractivity contribution >= 4 is 28.4 Å². The number of unbranched alkanes of at least 4 members (excludes halogenated alkanes) is 1. The standard InChI is InChI=1S/C15H16N4S/c1-2-3-9-13-16-17-15-19(13)18-14(20-15)11-10-12-7-5-4-6-8-12/h4-8,10-11H,2-3,9H2,1H3/b11-10-. The Morgan fingerprint density at radius 3 is 2.80 bits per heavy atom. The van der Waals surface area contributed by atoms with E-state index in [1.807, 2.05) is 28.8 Å². The number of fused-ring (bicyclic) bond motifs is 1. The number of nitrogens with zero attached hydrogens (tertiary/aromatic N) is 4. The van der Waals surface area contributed by atoms with Gasteiger partial charge in [-0.05, 0) is 18.1 Å². The summed E-state index contributed by atoms with van der Waals surface area (Å²) in [5.41, 5.74) is 1.17. The zero-order valence-corrected chi connectivity index (χ0v) is 12.2. The Kier molecular flexibility index (Phi) is 3.87. The molecule has 1 aromatic carbocycles. The Morgan fingerprint density at radius 2 is 2.00 bits per heavy atom. The fourth-order valence-corrected chi connectivity index (χ4v) is 2.72. The molecule has 3 rings (SSSR count). The molecule has 0 aliphatic rings. The summed E-state index contributed by atoms with van der Waals surface area (Å²) in [6.45, 7) is 2.17. The molecule has 4 nitrogen and oxygen atoms in total. The van der Waals surface area contributed by atoms with Gasteiger partial charge < -0.3 is 0 Å². The largest absolute Gasteiger partial charge is 0.234 e. The SMILES string of the molecule is CCCCc1nnc2sc(/C=C\c3ccccc3)nn12. The maximum atomic E-state index is 4.56. The van der Waals surface area contributed by atoms with Crippen LogP contribution in [-0.2, 0) is 6.42 Å². The summed E-state index contributed by atoms with van der Waals surface area (Å²) < 4.78 is 1.87. The third-order valence-corrected chi connectivity index (χ3v) is 3.91. The average Bonchev–Trinajstić information content (AvgIpc) is 3.04. The zero-order valence-electron chi connectivity index (χ0n) is 11.4. The normalized spacial score (nSPS) is 11.7. The monoisotopic (exact) mass is 284 g/mol. The summed E-state index contributed by atoms with van der Waals surface area (Å²) in [5.74, 6) is 0.956. The molecular formula is C15H16N4S. The molecule has 0 atom stereocenters. The van der Waals surface area contributed by atoms with Gasteiger partial charge in [0.2, 0.25) is 4.96 Å². The minimum atomic E-state index is 0.865. The molecule has 3 aromatic rings. The number of aromatic nitrogens is 4. The summed E-state index contributed by atoms with van der Waals surface area (Å²) in [6.07, 6.45) is 7.30. The highest BCUT2D eigenvalue weighted by atomic mass is 32.1. The first-order chi connectivity index (χ1) is 9.86. The lowest BCUT2D eigenvalue weighted by Gasteiger charge is -1.93. The van der Waals surface area contributed by atoms with E-state index in [-0.39, 0.29) is 0 Å². The smallest absolute Gasteiger partial charge is 0.187 e. The Hall–Kier alpha value is -2.01. The maximum Gasteiger partial charge on any atom is 0.234 e. The van der Waals surface area contributed by atoms with Crippen LogP contribution in [0.3, 0.4) is 0 Å². The molecule has 0 bridgehead atoms. The van der Waals surface area contributed by atoms with Crippen molar-refractivity contribution in [2.75, 3.05) is 0 Å². The molecule has 0 N–H and O–H groups in total. The van der Waals surface area contributed by atoms with Crippen LogP contribution in [0.4, 0.5) is 0 Å². The molecule has 0 saturated heterocycles. The molecule has 2 heterocycles. The third kappa shape index (κ3) is 2.77. The van der Waals surface area contributed by atoms with Crippen LogP contribution in [0, 0.1) is 0 Å². The number of hydrogen-bond acceptors (Lipinski definition) is 4. The van der Waals surface area contributed by atoms with Gasteiger partial charge >= 0.3 is 0 Å². The fourth-order valence-electron chi connectivity index (χ4n) is 1.96. The fraction of sp³-hybridized carbons (Fsp3) is 0.267. The number of hydrogen-bond donors (Lipinski definition) is 0. The average molecular weight is 284 g/mol. The summed E-state index contributed by atoms with van der Waals surface area (Å²) in [4.78, 5) is 0.865. The summed E-state index contributed by atoms with van der Waals surface area (Å²) in [5, 5.41) is 13.9. The summed E-state index contributed by atoms with van der Waals surface area (Å²) in [6, 6.07) is 10.2. The predicted molar refractivity (Wildman–Crippen MR) is 82.6 cm³/mol. The van der Waals surface area contributed by atoms with Crippen LogP contribution in [-0.4, -0.2) is 19.8 Å². The summed E-state index contributed by atoms with van der Waals surface area (Å²) in [7, 11) is 0. The molecular weight excluding hydrogens is 268 g/mol. The predicted octanol–water partition coefficient (Wildman–Crippen LogP) is 3.70.